The molecule has 0 radical (unpaired) electrons. The van der Waals surface area contributed by atoms with Gasteiger partial charge in [0.2, 0.25) is 5.91 Å². The second kappa shape index (κ2) is 8.45. The van der Waals surface area contributed by atoms with Gasteiger partial charge in [-0.3, -0.25) is 14.2 Å². The van der Waals surface area contributed by atoms with E-state index in [1.54, 1.807) is 13.1 Å². The van der Waals surface area contributed by atoms with Crippen molar-refractivity contribution in [2.24, 2.45) is 7.05 Å². The number of hydrogen-bond acceptors (Lipinski definition) is 5. The lowest BCUT2D eigenvalue weighted by Gasteiger charge is -2.18. The van der Waals surface area contributed by atoms with E-state index in [1.165, 1.54) is 27.7 Å². The maximum absolute atomic E-state index is 13.3. The second-order valence-corrected chi connectivity index (χ2v) is 9.14. The second-order valence-electron chi connectivity index (χ2n) is 7.17. The lowest BCUT2D eigenvalue weighted by atomic mass is 10.1. The molecule has 0 spiro atoms. The smallest absolute Gasteiger partial charge is 0.262 e. The van der Waals surface area contributed by atoms with Gasteiger partial charge in [0, 0.05) is 12.7 Å². The molecule has 7 heteroatoms. The summed E-state index contributed by atoms with van der Waals surface area (Å²) < 4.78 is 1.51. The molecule has 5 nitrogen and oxygen atoms in total. The van der Waals surface area contributed by atoms with E-state index in [4.69, 9.17) is 0 Å². The number of hydrogen-bond donors (Lipinski definition) is 1. The topological polar surface area (TPSA) is 64.0 Å². The molecule has 0 bridgehead atoms. The van der Waals surface area contributed by atoms with Gasteiger partial charge in [0.15, 0.2) is 5.16 Å². The fourth-order valence-electron chi connectivity index (χ4n) is 3.35. The van der Waals surface area contributed by atoms with Crippen LogP contribution in [-0.4, -0.2) is 15.5 Å². The Balaban J connectivity index is 1.71. The molecular weight excluding hydrogens is 414 g/mol. The van der Waals surface area contributed by atoms with E-state index in [2.05, 4.69) is 16.4 Å². The van der Waals surface area contributed by atoms with Crippen molar-refractivity contribution in [2.75, 3.05) is 5.32 Å². The van der Waals surface area contributed by atoms with Gasteiger partial charge in [-0.2, -0.15) is 0 Å². The van der Waals surface area contributed by atoms with Gasteiger partial charge in [-0.25, -0.2) is 4.98 Å². The normalized spacial score (nSPS) is 12.1. The van der Waals surface area contributed by atoms with Gasteiger partial charge in [0.05, 0.1) is 5.39 Å². The van der Waals surface area contributed by atoms with Gasteiger partial charge >= 0.3 is 0 Å². The number of amides is 1. The Morgan fingerprint density at radius 1 is 1.10 bits per heavy atom. The van der Waals surface area contributed by atoms with Crippen LogP contribution in [0.15, 0.2) is 69.9 Å². The molecule has 152 valence electrons. The van der Waals surface area contributed by atoms with Crippen molar-refractivity contribution in [3.63, 3.8) is 0 Å². The first-order valence-corrected chi connectivity index (χ1v) is 11.2. The molecule has 0 aliphatic rings. The van der Waals surface area contributed by atoms with Crippen molar-refractivity contribution < 1.29 is 4.79 Å². The summed E-state index contributed by atoms with van der Waals surface area (Å²) in [6.45, 7) is 4.00. The summed E-state index contributed by atoms with van der Waals surface area (Å²) in [4.78, 5) is 31.3. The third-order valence-corrected chi connectivity index (χ3v) is 6.82. The Hall–Kier alpha value is -2.90. The Morgan fingerprint density at radius 2 is 1.80 bits per heavy atom. The summed E-state index contributed by atoms with van der Waals surface area (Å²) in [6.07, 6.45) is 0. The molecule has 4 aromatic rings. The number of aryl methyl sites for hydroxylation is 2. The molecule has 0 aliphatic carbocycles. The molecule has 4 rings (SSSR count). The monoisotopic (exact) mass is 435 g/mol. The third-order valence-electron chi connectivity index (χ3n) is 4.72. The van der Waals surface area contributed by atoms with Crippen LogP contribution in [0.2, 0.25) is 0 Å². The van der Waals surface area contributed by atoms with Gasteiger partial charge in [0.1, 0.15) is 10.1 Å². The molecular formula is C23H21N3O2S2. The number of aromatic nitrogens is 2. The highest BCUT2D eigenvalue weighted by Gasteiger charge is 2.25. The van der Waals surface area contributed by atoms with Crippen LogP contribution in [0.1, 0.15) is 21.9 Å². The average Bonchev–Trinajstić information content (AvgIpc) is 3.18. The molecule has 2 heterocycles. The number of anilines is 1. The van der Waals surface area contributed by atoms with Crippen LogP contribution in [0, 0.1) is 13.8 Å². The Labute approximate surface area is 182 Å². The molecule has 1 unspecified atom stereocenters. The van der Waals surface area contributed by atoms with E-state index >= 15 is 0 Å². The number of fused-ring (bicyclic) bond motifs is 1. The number of nitrogens with zero attached hydrogens (tertiary/aromatic N) is 2. The van der Waals surface area contributed by atoms with E-state index in [-0.39, 0.29) is 11.5 Å². The van der Waals surface area contributed by atoms with Crippen molar-refractivity contribution in [1.82, 2.24) is 9.55 Å². The number of carbonyl (C=O) groups excluding carboxylic acids is 1. The molecule has 1 amide bonds. The fourth-order valence-corrected chi connectivity index (χ4v) is 5.21. The lowest BCUT2D eigenvalue weighted by Crippen LogP contribution is -2.23. The first-order chi connectivity index (χ1) is 14.4. The van der Waals surface area contributed by atoms with Gasteiger partial charge in [-0.05, 0) is 54.1 Å². The van der Waals surface area contributed by atoms with E-state index in [9.17, 15) is 9.59 Å². The van der Waals surface area contributed by atoms with Crippen molar-refractivity contribution in [1.29, 1.82) is 0 Å². The molecule has 0 saturated carbocycles. The predicted molar refractivity (Wildman–Crippen MR) is 124 cm³/mol. The Kier molecular flexibility index (Phi) is 5.74. The van der Waals surface area contributed by atoms with Crippen LogP contribution in [0.4, 0.5) is 5.69 Å². The minimum atomic E-state index is -0.553. The summed E-state index contributed by atoms with van der Waals surface area (Å²) >= 11 is 2.71. The van der Waals surface area contributed by atoms with Crippen molar-refractivity contribution in [3.8, 4) is 0 Å². The summed E-state index contributed by atoms with van der Waals surface area (Å²) in [5.41, 5.74) is 3.67. The van der Waals surface area contributed by atoms with Crippen molar-refractivity contribution >= 4 is 44.9 Å². The minimum absolute atomic E-state index is 0.106. The Morgan fingerprint density at radius 3 is 2.50 bits per heavy atom. The minimum Gasteiger partial charge on any atom is -0.325 e. The number of benzene rings is 2. The van der Waals surface area contributed by atoms with Crippen molar-refractivity contribution in [2.45, 2.75) is 24.3 Å². The van der Waals surface area contributed by atoms with E-state index in [1.807, 2.05) is 61.7 Å². The molecule has 1 N–H and O–H groups in total. The maximum atomic E-state index is 13.3. The van der Waals surface area contributed by atoms with Crippen LogP contribution in [0.25, 0.3) is 10.2 Å². The van der Waals surface area contributed by atoms with Crippen LogP contribution >= 0.6 is 23.1 Å². The summed E-state index contributed by atoms with van der Waals surface area (Å²) in [5.74, 6) is -0.156. The van der Waals surface area contributed by atoms with Gasteiger partial charge in [0.25, 0.3) is 5.56 Å². The predicted octanol–water partition coefficient (Wildman–Crippen LogP) is 5.08. The van der Waals surface area contributed by atoms with Crippen LogP contribution in [0.5, 0.6) is 0 Å². The molecule has 2 aromatic carbocycles. The lowest BCUT2D eigenvalue weighted by molar-refractivity contribution is -0.115. The highest BCUT2D eigenvalue weighted by atomic mass is 32.2. The van der Waals surface area contributed by atoms with Crippen molar-refractivity contribution in [3.05, 3.63) is 87.0 Å². The standard InChI is InChI=1S/C23H21N3O2S2/c1-14-11-15(2)13-17(12-14)24-20(27)19(16-7-5-4-6-8-16)30-23-25-21-18(9-10-29-21)22(28)26(23)3/h4-13,19H,1-3H3,(H,24,27). The zero-order valence-electron chi connectivity index (χ0n) is 16.9. The zero-order valence-corrected chi connectivity index (χ0v) is 18.5. The quantitative estimate of drug-likeness (QED) is 0.351. The number of rotatable bonds is 5. The fraction of sp³-hybridized carbons (Fsp3) is 0.174. The first-order valence-electron chi connectivity index (χ1n) is 9.47. The highest BCUT2D eigenvalue weighted by Crippen LogP contribution is 2.35. The molecule has 2 aromatic heterocycles. The van der Waals surface area contributed by atoms with E-state index in [0.717, 1.165) is 22.4 Å². The largest absolute Gasteiger partial charge is 0.325 e. The summed E-state index contributed by atoms with van der Waals surface area (Å²) in [5, 5.41) is 5.45. The van der Waals surface area contributed by atoms with E-state index < -0.39 is 5.25 Å². The van der Waals surface area contributed by atoms with Crippen LogP contribution in [0.3, 0.4) is 0 Å². The first kappa shape index (κ1) is 20.4. The Bertz CT molecular complexity index is 1260. The van der Waals surface area contributed by atoms with Gasteiger partial charge < -0.3 is 5.32 Å². The summed E-state index contributed by atoms with van der Waals surface area (Å²) in [7, 11) is 1.69. The number of carbonyl (C=O) groups is 1. The molecule has 0 aliphatic heterocycles. The van der Waals surface area contributed by atoms with E-state index in [0.29, 0.717) is 15.4 Å². The maximum Gasteiger partial charge on any atom is 0.262 e. The zero-order chi connectivity index (χ0) is 21.3. The number of thiophene rings is 1. The molecule has 0 saturated heterocycles. The SMILES string of the molecule is Cc1cc(C)cc(NC(=O)C(Sc2nc3sccc3c(=O)n2C)c2ccccc2)c1. The van der Waals surface area contributed by atoms with Crippen LogP contribution in [-0.2, 0) is 11.8 Å². The third kappa shape index (κ3) is 4.17. The highest BCUT2D eigenvalue weighted by molar-refractivity contribution is 8.00. The van der Waals surface area contributed by atoms with Gasteiger partial charge in [-0.1, -0.05) is 48.2 Å². The molecule has 30 heavy (non-hydrogen) atoms. The number of thioether (sulfide) groups is 1. The average molecular weight is 436 g/mol. The molecule has 1 atom stereocenters. The number of nitrogens with one attached hydrogen (secondary N) is 1. The molecule has 0 fully saturated rings. The van der Waals surface area contributed by atoms with Crippen LogP contribution < -0.4 is 10.9 Å². The van der Waals surface area contributed by atoms with Gasteiger partial charge in [-0.15, -0.1) is 11.3 Å². The summed E-state index contributed by atoms with van der Waals surface area (Å²) in [6, 6.07) is 17.3.